The van der Waals surface area contributed by atoms with Crippen molar-refractivity contribution >= 4 is 23.5 Å². The average Bonchev–Trinajstić information content (AvgIpc) is 3.11. The highest BCUT2D eigenvalue weighted by Gasteiger charge is 2.35. The molecule has 1 aliphatic rings. The Bertz CT molecular complexity index is 806. The molecule has 7 heteroatoms. The number of benzene rings is 2. The molecule has 0 saturated carbocycles. The van der Waals surface area contributed by atoms with Crippen LogP contribution in [0.25, 0.3) is 0 Å². The van der Waals surface area contributed by atoms with E-state index in [0.29, 0.717) is 12.5 Å². The van der Waals surface area contributed by atoms with E-state index < -0.39 is 17.8 Å². The molecule has 3 rings (SSSR count). The lowest BCUT2D eigenvalue weighted by Crippen LogP contribution is -2.34. The minimum Gasteiger partial charge on any atom is -0.308 e. The number of anilines is 1. The normalized spacial score (nSPS) is 17.4. The maximum atomic E-state index is 13.2. The van der Waals surface area contributed by atoms with Gasteiger partial charge in [0.1, 0.15) is 5.37 Å². The summed E-state index contributed by atoms with van der Waals surface area (Å²) in [6, 6.07) is 12.6. The molecule has 2 amide bonds. The number of hydrogen-bond acceptors (Lipinski definition) is 2. The summed E-state index contributed by atoms with van der Waals surface area (Å²) in [5, 5.41) is 2.24. The first-order chi connectivity index (χ1) is 12.8. The van der Waals surface area contributed by atoms with Gasteiger partial charge in [-0.3, -0.25) is 0 Å². The molecular weight excluding hydrogens is 373 g/mol. The van der Waals surface area contributed by atoms with Gasteiger partial charge >= 0.3 is 12.2 Å². The molecule has 1 heterocycles. The predicted octanol–water partition coefficient (Wildman–Crippen LogP) is 6.11. The van der Waals surface area contributed by atoms with Crippen molar-refractivity contribution in [3.8, 4) is 0 Å². The fourth-order valence-corrected chi connectivity index (χ4v) is 4.28. The van der Waals surface area contributed by atoms with E-state index in [-0.39, 0.29) is 11.1 Å². The Labute approximate surface area is 160 Å². The number of halogens is 3. The van der Waals surface area contributed by atoms with E-state index >= 15 is 0 Å². The molecule has 1 fully saturated rings. The highest BCUT2D eigenvalue weighted by atomic mass is 32.2. The van der Waals surface area contributed by atoms with Gasteiger partial charge in [-0.05, 0) is 29.2 Å². The third-order valence-corrected chi connectivity index (χ3v) is 5.77. The molecule has 0 radical (unpaired) electrons. The summed E-state index contributed by atoms with van der Waals surface area (Å²) >= 11 is 1.61. The van der Waals surface area contributed by atoms with Gasteiger partial charge in [0.05, 0.1) is 11.3 Å². The summed E-state index contributed by atoms with van der Waals surface area (Å²) in [4.78, 5) is 14.3. The third-order valence-electron chi connectivity index (χ3n) is 4.51. The van der Waals surface area contributed by atoms with Crippen LogP contribution in [0.2, 0.25) is 0 Å². The molecule has 1 N–H and O–H groups in total. The first-order valence-electron chi connectivity index (χ1n) is 8.72. The summed E-state index contributed by atoms with van der Waals surface area (Å²) in [5.74, 6) is 1.15. The maximum absolute atomic E-state index is 13.2. The molecule has 1 atom stereocenters. The number of rotatable bonds is 3. The van der Waals surface area contributed by atoms with E-state index in [1.165, 1.54) is 23.8 Å². The molecule has 0 aromatic heterocycles. The molecule has 0 aliphatic carbocycles. The molecule has 0 bridgehead atoms. The molecule has 144 valence electrons. The lowest BCUT2D eigenvalue weighted by Gasteiger charge is -2.25. The van der Waals surface area contributed by atoms with E-state index in [9.17, 15) is 18.0 Å². The number of nitrogens with zero attached hydrogens (tertiary/aromatic N) is 1. The average molecular weight is 394 g/mol. The minimum atomic E-state index is -4.52. The summed E-state index contributed by atoms with van der Waals surface area (Å²) in [6.07, 6.45) is -4.52. The molecule has 1 unspecified atom stereocenters. The molecule has 2 aromatic rings. The number of thioether (sulfide) groups is 1. The number of nitrogens with one attached hydrogen (secondary N) is 1. The van der Waals surface area contributed by atoms with Gasteiger partial charge in [-0.1, -0.05) is 50.2 Å². The number of para-hydroxylation sites is 1. The van der Waals surface area contributed by atoms with E-state index in [1.54, 1.807) is 16.7 Å². The van der Waals surface area contributed by atoms with E-state index in [0.717, 1.165) is 17.4 Å². The van der Waals surface area contributed by atoms with Crippen molar-refractivity contribution < 1.29 is 18.0 Å². The summed E-state index contributed by atoms with van der Waals surface area (Å²) < 4.78 is 39.5. The smallest absolute Gasteiger partial charge is 0.308 e. The Balaban J connectivity index is 1.79. The number of urea groups is 1. The van der Waals surface area contributed by atoms with Crippen LogP contribution in [0.3, 0.4) is 0 Å². The van der Waals surface area contributed by atoms with Gasteiger partial charge in [-0.15, -0.1) is 11.8 Å². The molecule has 2 aromatic carbocycles. The standard InChI is InChI=1S/C20H21F3N2OS/c1-13(2)14-7-9-15(10-8-14)18-25(11-12-27-18)19(26)24-17-6-4-3-5-16(17)20(21,22)23/h3-10,13,18H,11-12H2,1-2H3,(H,24,26). The number of carbonyl (C=O) groups is 1. The Kier molecular flexibility index (Phi) is 5.69. The molecule has 27 heavy (non-hydrogen) atoms. The fourth-order valence-electron chi connectivity index (χ4n) is 3.03. The van der Waals surface area contributed by atoms with Crippen LogP contribution in [-0.4, -0.2) is 23.2 Å². The zero-order chi connectivity index (χ0) is 19.6. The zero-order valence-corrected chi connectivity index (χ0v) is 15.9. The Morgan fingerprint density at radius 3 is 2.44 bits per heavy atom. The number of carbonyl (C=O) groups excluding carboxylic acids is 1. The van der Waals surface area contributed by atoms with Crippen LogP contribution in [0.1, 0.15) is 41.8 Å². The molecule has 1 saturated heterocycles. The van der Waals surface area contributed by atoms with Crippen molar-refractivity contribution in [2.24, 2.45) is 0 Å². The number of alkyl halides is 3. The van der Waals surface area contributed by atoms with Crippen LogP contribution in [0.4, 0.5) is 23.7 Å². The SMILES string of the molecule is CC(C)c1ccc(C2SCCN2C(=O)Nc2ccccc2C(F)(F)F)cc1. The number of amides is 2. The van der Waals surface area contributed by atoms with E-state index in [1.807, 2.05) is 24.3 Å². The van der Waals surface area contributed by atoms with Gasteiger partial charge in [0.15, 0.2) is 0 Å². The molecule has 1 aliphatic heterocycles. The second kappa shape index (κ2) is 7.84. The predicted molar refractivity (Wildman–Crippen MR) is 103 cm³/mol. The Morgan fingerprint density at radius 1 is 1.15 bits per heavy atom. The van der Waals surface area contributed by atoms with Crippen molar-refractivity contribution in [2.45, 2.75) is 31.3 Å². The van der Waals surface area contributed by atoms with Gasteiger partial charge in [-0.2, -0.15) is 13.2 Å². The molecule has 0 spiro atoms. The quantitative estimate of drug-likeness (QED) is 0.681. The van der Waals surface area contributed by atoms with Crippen molar-refractivity contribution in [1.29, 1.82) is 0 Å². The Morgan fingerprint density at radius 2 is 1.81 bits per heavy atom. The lowest BCUT2D eigenvalue weighted by molar-refractivity contribution is -0.136. The van der Waals surface area contributed by atoms with Gasteiger partial charge in [0.2, 0.25) is 0 Å². The van der Waals surface area contributed by atoms with Gasteiger partial charge < -0.3 is 10.2 Å². The third kappa shape index (κ3) is 4.40. The first-order valence-corrected chi connectivity index (χ1v) is 9.77. The van der Waals surface area contributed by atoms with Crippen LogP contribution >= 0.6 is 11.8 Å². The van der Waals surface area contributed by atoms with Gasteiger partial charge in [-0.25, -0.2) is 4.79 Å². The Hall–Kier alpha value is -2.15. The lowest BCUT2D eigenvalue weighted by atomic mass is 10.0. The zero-order valence-electron chi connectivity index (χ0n) is 15.1. The summed E-state index contributed by atoms with van der Waals surface area (Å²) in [6.45, 7) is 4.70. The van der Waals surface area contributed by atoms with Crippen LogP contribution in [-0.2, 0) is 6.18 Å². The largest absolute Gasteiger partial charge is 0.418 e. The second-order valence-corrected chi connectivity index (χ2v) is 7.90. The molecular formula is C20H21F3N2OS. The van der Waals surface area contributed by atoms with Gasteiger partial charge in [0.25, 0.3) is 0 Å². The van der Waals surface area contributed by atoms with Crippen molar-refractivity contribution in [3.05, 3.63) is 65.2 Å². The highest BCUT2D eigenvalue weighted by Crippen LogP contribution is 2.39. The molecule has 3 nitrogen and oxygen atoms in total. The first kappa shape index (κ1) is 19.6. The highest BCUT2D eigenvalue weighted by molar-refractivity contribution is 7.99. The van der Waals surface area contributed by atoms with E-state index in [4.69, 9.17) is 0 Å². The maximum Gasteiger partial charge on any atom is 0.418 e. The monoisotopic (exact) mass is 394 g/mol. The van der Waals surface area contributed by atoms with Crippen molar-refractivity contribution in [1.82, 2.24) is 4.90 Å². The van der Waals surface area contributed by atoms with Gasteiger partial charge in [0, 0.05) is 12.3 Å². The second-order valence-electron chi connectivity index (χ2n) is 6.71. The van der Waals surface area contributed by atoms with Crippen LogP contribution in [0.15, 0.2) is 48.5 Å². The topological polar surface area (TPSA) is 32.3 Å². The fraction of sp³-hybridized carbons (Fsp3) is 0.350. The van der Waals surface area contributed by atoms with Crippen LogP contribution < -0.4 is 5.32 Å². The van der Waals surface area contributed by atoms with Crippen LogP contribution in [0, 0.1) is 0 Å². The summed E-state index contributed by atoms with van der Waals surface area (Å²) in [5.41, 5.74) is 1.11. The van der Waals surface area contributed by atoms with Crippen molar-refractivity contribution in [2.75, 3.05) is 17.6 Å². The van der Waals surface area contributed by atoms with Crippen LogP contribution in [0.5, 0.6) is 0 Å². The minimum absolute atomic E-state index is 0.204. The summed E-state index contributed by atoms with van der Waals surface area (Å²) in [7, 11) is 0. The van der Waals surface area contributed by atoms with E-state index in [2.05, 4.69) is 19.2 Å². The van der Waals surface area contributed by atoms with Crippen molar-refractivity contribution in [3.63, 3.8) is 0 Å². The number of hydrogen-bond donors (Lipinski definition) is 1.